The second kappa shape index (κ2) is 3.92. The van der Waals surface area contributed by atoms with Gasteiger partial charge < -0.3 is 10.1 Å². The number of rotatable bonds is 1. The van der Waals surface area contributed by atoms with E-state index in [1.165, 1.54) is 19.3 Å². The van der Waals surface area contributed by atoms with Crippen LogP contribution in [0.3, 0.4) is 0 Å². The van der Waals surface area contributed by atoms with E-state index in [4.69, 9.17) is 16.3 Å². The molecule has 0 radical (unpaired) electrons. The fourth-order valence-corrected chi connectivity index (χ4v) is 0.737. The lowest BCUT2D eigenvalue weighted by molar-refractivity contribution is 0.201. The second-order valence-electron chi connectivity index (χ2n) is 1.95. The summed E-state index contributed by atoms with van der Waals surface area (Å²) in [5.41, 5.74) is 0. The molecule has 0 saturated heterocycles. The van der Waals surface area contributed by atoms with Gasteiger partial charge in [-0.3, -0.25) is 0 Å². The molecule has 1 N–H and O–H groups in total. The van der Waals surface area contributed by atoms with E-state index in [2.05, 4.69) is 10.3 Å². The van der Waals surface area contributed by atoms with Crippen LogP contribution >= 0.6 is 11.6 Å². The van der Waals surface area contributed by atoms with Gasteiger partial charge in [0, 0.05) is 24.3 Å². The zero-order valence-corrected chi connectivity index (χ0v) is 7.13. The number of hydrogen-bond donors (Lipinski definition) is 1. The van der Waals surface area contributed by atoms with E-state index in [0.29, 0.717) is 5.02 Å². The number of halogens is 1. The van der Waals surface area contributed by atoms with E-state index in [9.17, 15) is 4.79 Å². The highest BCUT2D eigenvalue weighted by molar-refractivity contribution is 6.30. The molecule has 1 aromatic rings. The summed E-state index contributed by atoms with van der Waals surface area (Å²) in [4.78, 5) is 14.4. The fourth-order valence-electron chi connectivity index (χ4n) is 0.587. The summed E-state index contributed by atoms with van der Waals surface area (Å²) >= 11 is 5.62. The molecule has 1 aromatic heterocycles. The molecule has 0 saturated carbocycles. The normalized spacial score (nSPS) is 9.17. The van der Waals surface area contributed by atoms with Crippen LogP contribution in [0.25, 0.3) is 0 Å². The third-order valence-electron chi connectivity index (χ3n) is 1.10. The Bertz CT molecular complexity index is 290. The van der Waals surface area contributed by atoms with Gasteiger partial charge in [-0.05, 0) is 6.07 Å². The molecule has 0 aromatic carbocycles. The highest BCUT2D eigenvalue weighted by Crippen LogP contribution is 2.13. The maximum Gasteiger partial charge on any atom is 0.413 e. The van der Waals surface area contributed by atoms with Crippen molar-refractivity contribution in [2.24, 2.45) is 0 Å². The fraction of sp³-hybridized carbons (Fsp3) is 0.143. The van der Waals surface area contributed by atoms with E-state index in [0.717, 1.165) is 0 Å². The van der Waals surface area contributed by atoms with Crippen molar-refractivity contribution in [2.75, 3.05) is 7.05 Å². The zero-order chi connectivity index (χ0) is 8.97. The molecule has 0 unspecified atom stereocenters. The summed E-state index contributed by atoms with van der Waals surface area (Å²) in [5.74, 6) is 0.182. The van der Waals surface area contributed by atoms with Crippen molar-refractivity contribution in [1.82, 2.24) is 10.3 Å². The number of ether oxygens (including phenoxy) is 1. The minimum atomic E-state index is -0.565. The van der Waals surface area contributed by atoms with E-state index >= 15 is 0 Å². The first-order valence-corrected chi connectivity index (χ1v) is 3.61. The number of carbonyl (C=O) groups excluding carboxylic acids is 1. The molecule has 0 fully saturated rings. The highest BCUT2D eigenvalue weighted by atomic mass is 35.5. The number of amides is 1. The Hall–Kier alpha value is -1.29. The lowest BCUT2D eigenvalue weighted by Crippen LogP contribution is -2.22. The summed E-state index contributed by atoms with van der Waals surface area (Å²) in [7, 11) is 1.47. The van der Waals surface area contributed by atoms with Crippen LogP contribution in [0.1, 0.15) is 0 Å². The van der Waals surface area contributed by atoms with Gasteiger partial charge in [0.25, 0.3) is 0 Å². The van der Waals surface area contributed by atoms with Gasteiger partial charge in [-0.25, -0.2) is 9.78 Å². The van der Waals surface area contributed by atoms with Gasteiger partial charge in [0.2, 0.25) is 5.88 Å². The van der Waals surface area contributed by atoms with Crippen LogP contribution < -0.4 is 10.1 Å². The Morgan fingerprint density at radius 1 is 1.75 bits per heavy atom. The van der Waals surface area contributed by atoms with Gasteiger partial charge in [-0.1, -0.05) is 11.6 Å². The SMILES string of the molecule is CNC(=O)Oc1cc(Cl)ccn1. The van der Waals surface area contributed by atoms with Crippen LogP contribution in [-0.4, -0.2) is 18.1 Å². The molecule has 0 aliphatic heterocycles. The molecule has 0 spiro atoms. The first-order valence-electron chi connectivity index (χ1n) is 3.23. The molecule has 1 heterocycles. The van der Waals surface area contributed by atoms with Crippen molar-refractivity contribution in [1.29, 1.82) is 0 Å². The average Bonchev–Trinajstić information content (AvgIpc) is 2.04. The molecule has 0 aliphatic rings. The number of aromatic nitrogens is 1. The maximum atomic E-state index is 10.7. The molecule has 0 atom stereocenters. The van der Waals surface area contributed by atoms with Gasteiger partial charge in [-0.2, -0.15) is 0 Å². The van der Waals surface area contributed by atoms with E-state index in [1.54, 1.807) is 6.07 Å². The number of nitrogens with one attached hydrogen (secondary N) is 1. The summed E-state index contributed by atoms with van der Waals surface area (Å²) in [6, 6.07) is 3.05. The Balaban J connectivity index is 2.69. The number of hydrogen-bond acceptors (Lipinski definition) is 3. The van der Waals surface area contributed by atoms with Gasteiger partial charge >= 0.3 is 6.09 Å². The Labute approximate surface area is 74.5 Å². The van der Waals surface area contributed by atoms with Crippen molar-refractivity contribution >= 4 is 17.7 Å². The summed E-state index contributed by atoms with van der Waals surface area (Å²) in [5, 5.41) is 2.76. The summed E-state index contributed by atoms with van der Waals surface area (Å²) in [6.45, 7) is 0. The van der Waals surface area contributed by atoms with Crippen LogP contribution in [0.15, 0.2) is 18.3 Å². The molecule has 0 aliphatic carbocycles. The molecule has 1 rings (SSSR count). The molecule has 0 bridgehead atoms. The minimum Gasteiger partial charge on any atom is -0.391 e. The van der Waals surface area contributed by atoms with Crippen LogP contribution in [0.5, 0.6) is 5.88 Å². The third kappa shape index (κ3) is 2.39. The first-order chi connectivity index (χ1) is 5.72. The lowest BCUT2D eigenvalue weighted by Gasteiger charge is -2.00. The summed E-state index contributed by atoms with van der Waals surface area (Å²) < 4.78 is 4.70. The maximum absolute atomic E-state index is 10.7. The summed E-state index contributed by atoms with van der Waals surface area (Å²) in [6.07, 6.45) is 0.894. The predicted octanol–water partition coefficient (Wildman–Crippen LogP) is 1.45. The molecular formula is C7H7ClN2O2. The topological polar surface area (TPSA) is 51.2 Å². The molecule has 4 nitrogen and oxygen atoms in total. The van der Waals surface area contributed by atoms with Crippen molar-refractivity contribution in [3.8, 4) is 5.88 Å². The largest absolute Gasteiger partial charge is 0.413 e. The number of nitrogens with zero attached hydrogens (tertiary/aromatic N) is 1. The molecule has 1 amide bonds. The quantitative estimate of drug-likeness (QED) is 0.722. The lowest BCUT2D eigenvalue weighted by atomic mass is 10.5. The van der Waals surface area contributed by atoms with E-state index in [-0.39, 0.29) is 5.88 Å². The molecular weight excluding hydrogens is 180 g/mol. The smallest absolute Gasteiger partial charge is 0.391 e. The van der Waals surface area contributed by atoms with Gasteiger partial charge in [0.15, 0.2) is 0 Å². The number of carbonyl (C=O) groups is 1. The van der Waals surface area contributed by atoms with Gasteiger partial charge in [0.1, 0.15) is 0 Å². The van der Waals surface area contributed by atoms with Crippen molar-refractivity contribution < 1.29 is 9.53 Å². The first kappa shape index (κ1) is 8.80. The van der Waals surface area contributed by atoms with E-state index < -0.39 is 6.09 Å². The standard InChI is InChI=1S/C7H7ClN2O2/c1-9-7(11)12-6-4-5(8)2-3-10-6/h2-4H,1H3,(H,9,11). The Morgan fingerprint density at radius 3 is 3.08 bits per heavy atom. The van der Waals surface area contributed by atoms with E-state index in [1.807, 2.05) is 0 Å². The van der Waals surface area contributed by atoms with Crippen molar-refractivity contribution in [2.45, 2.75) is 0 Å². The third-order valence-corrected chi connectivity index (χ3v) is 1.33. The predicted molar refractivity (Wildman–Crippen MR) is 44.3 cm³/mol. The van der Waals surface area contributed by atoms with Crippen LogP contribution in [-0.2, 0) is 0 Å². The van der Waals surface area contributed by atoms with Crippen LogP contribution in [0, 0.1) is 0 Å². The van der Waals surface area contributed by atoms with Crippen LogP contribution in [0.4, 0.5) is 4.79 Å². The highest BCUT2D eigenvalue weighted by Gasteiger charge is 2.01. The van der Waals surface area contributed by atoms with Crippen molar-refractivity contribution in [3.63, 3.8) is 0 Å². The van der Waals surface area contributed by atoms with Crippen molar-refractivity contribution in [3.05, 3.63) is 23.4 Å². The zero-order valence-electron chi connectivity index (χ0n) is 6.37. The monoisotopic (exact) mass is 186 g/mol. The Morgan fingerprint density at radius 2 is 2.50 bits per heavy atom. The van der Waals surface area contributed by atoms with Gasteiger partial charge in [0.05, 0.1) is 0 Å². The molecule has 12 heavy (non-hydrogen) atoms. The number of pyridine rings is 1. The Kier molecular flexibility index (Phi) is 2.88. The average molecular weight is 187 g/mol. The van der Waals surface area contributed by atoms with Crippen LogP contribution in [0.2, 0.25) is 5.02 Å². The minimum absolute atomic E-state index is 0.182. The molecule has 64 valence electrons. The molecule has 5 heteroatoms. The second-order valence-corrected chi connectivity index (χ2v) is 2.39. The van der Waals surface area contributed by atoms with Gasteiger partial charge in [-0.15, -0.1) is 0 Å².